The predicted octanol–water partition coefficient (Wildman–Crippen LogP) is 3.44. The third kappa shape index (κ3) is 3.68. The Morgan fingerprint density at radius 1 is 1.23 bits per heavy atom. The van der Waals surface area contributed by atoms with Gasteiger partial charge in [-0.2, -0.15) is 0 Å². The summed E-state index contributed by atoms with van der Waals surface area (Å²) in [6, 6.07) is 11.3. The molecule has 2 aliphatic heterocycles. The number of aliphatic hydroxyl groups is 1. The first-order valence-electron chi connectivity index (χ1n) is 9.79. The van der Waals surface area contributed by atoms with Crippen LogP contribution in [0.15, 0.2) is 54.1 Å². The van der Waals surface area contributed by atoms with Crippen LogP contribution >= 0.6 is 0 Å². The lowest BCUT2D eigenvalue weighted by Gasteiger charge is -2.27. The van der Waals surface area contributed by atoms with E-state index in [4.69, 9.17) is 9.47 Å². The van der Waals surface area contributed by atoms with Gasteiger partial charge in [0.15, 0.2) is 0 Å². The highest BCUT2D eigenvalue weighted by Crippen LogP contribution is 2.40. The molecule has 0 radical (unpaired) electrons. The van der Waals surface area contributed by atoms with Crippen LogP contribution in [-0.2, 0) is 14.3 Å². The second-order valence-electron chi connectivity index (χ2n) is 7.37. The van der Waals surface area contributed by atoms with Crippen molar-refractivity contribution >= 4 is 17.4 Å². The number of ether oxygens (including phenoxy) is 2. The lowest BCUT2D eigenvalue weighted by molar-refractivity contribution is -0.140. The van der Waals surface area contributed by atoms with Crippen molar-refractivity contribution in [1.82, 2.24) is 4.90 Å². The Morgan fingerprint density at radius 3 is 2.63 bits per heavy atom. The van der Waals surface area contributed by atoms with Gasteiger partial charge in [-0.3, -0.25) is 9.59 Å². The summed E-state index contributed by atoms with van der Waals surface area (Å²) in [5.74, 6) is -1.72. The highest BCUT2D eigenvalue weighted by atomic mass is 19.1. The minimum absolute atomic E-state index is 0.0613. The summed E-state index contributed by atoms with van der Waals surface area (Å²) < 4.78 is 24.7. The second kappa shape index (κ2) is 8.28. The molecule has 0 saturated carbocycles. The van der Waals surface area contributed by atoms with E-state index in [1.807, 2.05) is 0 Å². The summed E-state index contributed by atoms with van der Waals surface area (Å²) in [5, 5.41) is 11.0. The van der Waals surface area contributed by atoms with Crippen LogP contribution in [0.2, 0.25) is 0 Å². The fourth-order valence-corrected chi connectivity index (χ4v) is 4.00. The largest absolute Gasteiger partial charge is 0.507 e. The van der Waals surface area contributed by atoms with Gasteiger partial charge in [0.05, 0.1) is 24.8 Å². The van der Waals surface area contributed by atoms with Gasteiger partial charge in [0, 0.05) is 18.7 Å². The van der Waals surface area contributed by atoms with E-state index in [2.05, 4.69) is 0 Å². The van der Waals surface area contributed by atoms with Crippen molar-refractivity contribution in [3.05, 3.63) is 71.0 Å². The van der Waals surface area contributed by atoms with E-state index in [1.54, 1.807) is 30.3 Å². The molecule has 156 valence electrons. The number of amides is 1. The summed E-state index contributed by atoms with van der Waals surface area (Å²) >= 11 is 0. The highest BCUT2D eigenvalue weighted by molar-refractivity contribution is 6.46. The van der Waals surface area contributed by atoms with Crippen LogP contribution in [-0.4, -0.2) is 48.1 Å². The highest BCUT2D eigenvalue weighted by Gasteiger charge is 2.47. The normalized spacial score (nSPS) is 23.2. The number of aliphatic hydroxyl groups excluding tert-OH is 1. The molecule has 0 spiro atoms. The van der Waals surface area contributed by atoms with Crippen molar-refractivity contribution in [2.45, 2.75) is 25.0 Å². The van der Waals surface area contributed by atoms with E-state index >= 15 is 0 Å². The van der Waals surface area contributed by atoms with Crippen LogP contribution in [0.5, 0.6) is 5.75 Å². The van der Waals surface area contributed by atoms with E-state index < -0.39 is 23.5 Å². The van der Waals surface area contributed by atoms with Crippen LogP contribution in [0.3, 0.4) is 0 Å². The van der Waals surface area contributed by atoms with E-state index in [9.17, 15) is 19.1 Å². The van der Waals surface area contributed by atoms with Crippen molar-refractivity contribution in [2.75, 3.05) is 20.3 Å². The first kappa shape index (κ1) is 20.1. The molecule has 2 saturated heterocycles. The first-order valence-corrected chi connectivity index (χ1v) is 9.79. The number of hydrogen-bond donors (Lipinski definition) is 1. The Hall–Kier alpha value is -3.19. The molecule has 30 heavy (non-hydrogen) atoms. The van der Waals surface area contributed by atoms with Crippen LogP contribution in [0.1, 0.15) is 30.0 Å². The zero-order valence-electron chi connectivity index (χ0n) is 16.5. The van der Waals surface area contributed by atoms with Crippen LogP contribution in [0, 0.1) is 5.82 Å². The lowest BCUT2D eigenvalue weighted by Crippen LogP contribution is -2.36. The molecule has 1 amide bonds. The van der Waals surface area contributed by atoms with Crippen molar-refractivity contribution in [1.29, 1.82) is 0 Å². The predicted molar refractivity (Wildman–Crippen MR) is 107 cm³/mol. The Kier molecular flexibility index (Phi) is 5.55. The quantitative estimate of drug-likeness (QED) is 0.463. The molecule has 0 aliphatic carbocycles. The SMILES string of the molecule is COc1ccc(/C(O)=C2\C(=O)C(=O)N(C[C@@H]3CCCO3)[C@H]2c2cccc(F)c2)cc1. The van der Waals surface area contributed by atoms with E-state index in [1.165, 1.54) is 30.2 Å². The standard InChI is InChI=1S/C23H22FNO5/c1-29-17-9-7-14(8-10-17)21(26)19-20(15-4-2-5-16(24)12-15)25(23(28)22(19)27)13-18-6-3-11-30-18/h2,4-5,7-10,12,18,20,26H,3,6,11,13H2,1H3/b21-19+/t18-,20-/m0/s1. The number of halogens is 1. The fraction of sp³-hybridized carbons (Fsp3) is 0.304. The van der Waals surface area contributed by atoms with Gasteiger partial charge < -0.3 is 19.5 Å². The summed E-state index contributed by atoms with van der Waals surface area (Å²) in [6.07, 6.45) is 1.46. The molecule has 0 bridgehead atoms. The van der Waals surface area contributed by atoms with Gasteiger partial charge in [-0.1, -0.05) is 12.1 Å². The molecule has 2 atom stereocenters. The number of ketones is 1. The molecule has 2 aromatic rings. The summed E-state index contributed by atoms with van der Waals surface area (Å²) in [6.45, 7) is 0.802. The zero-order chi connectivity index (χ0) is 21.3. The molecule has 2 aromatic carbocycles. The minimum Gasteiger partial charge on any atom is -0.507 e. The van der Waals surface area contributed by atoms with E-state index in [0.29, 0.717) is 23.5 Å². The molecule has 2 fully saturated rings. The molecule has 0 aromatic heterocycles. The van der Waals surface area contributed by atoms with Crippen molar-refractivity contribution in [3.63, 3.8) is 0 Å². The van der Waals surface area contributed by atoms with Crippen LogP contribution < -0.4 is 4.74 Å². The van der Waals surface area contributed by atoms with Crippen LogP contribution in [0.25, 0.3) is 5.76 Å². The molecular formula is C23H22FNO5. The Morgan fingerprint density at radius 2 is 2.00 bits per heavy atom. The maximum Gasteiger partial charge on any atom is 0.295 e. The third-order valence-electron chi connectivity index (χ3n) is 5.49. The number of carbonyl (C=O) groups is 2. The summed E-state index contributed by atoms with van der Waals surface area (Å²) in [5.41, 5.74) is 0.725. The topological polar surface area (TPSA) is 76.1 Å². The first-order chi connectivity index (χ1) is 14.5. The van der Waals surface area contributed by atoms with Gasteiger partial charge in [-0.05, 0) is 54.8 Å². The molecule has 0 unspecified atom stereocenters. The number of methoxy groups -OCH3 is 1. The molecular weight excluding hydrogens is 389 g/mol. The maximum absolute atomic E-state index is 14.0. The average molecular weight is 411 g/mol. The Balaban J connectivity index is 1.81. The molecule has 6 nitrogen and oxygen atoms in total. The third-order valence-corrected chi connectivity index (χ3v) is 5.49. The lowest BCUT2D eigenvalue weighted by atomic mass is 9.95. The molecule has 2 aliphatic rings. The summed E-state index contributed by atoms with van der Waals surface area (Å²) in [7, 11) is 1.52. The number of carbonyl (C=O) groups excluding carboxylic acids is 2. The van der Waals surface area contributed by atoms with E-state index in [-0.39, 0.29) is 24.0 Å². The van der Waals surface area contributed by atoms with Gasteiger partial charge in [0.2, 0.25) is 0 Å². The van der Waals surface area contributed by atoms with Gasteiger partial charge in [0.1, 0.15) is 17.3 Å². The van der Waals surface area contributed by atoms with Gasteiger partial charge in [-0.25, -0.2) is 4.39 Å². The minimum atomic E-state index is -0.896. The average Bonchev–Trinajstić information content (AvgIpc) is 3.36. The molecule has 7 heteroatoms. The second-order valence-corrected chi connectivity index (χ2v) is 7.37. The fourth-order valence-electron chi connectivity index (χ4n) is 4.00. The number of hydrogen-bond acceptors (Lipinski definition) is 5. The monoisotopic (exact) mass is 411 g/mol. The van der Waals surface area contributed by atoms with Gasteiger partial charge in [-0.15, -0.1) is 0 Å². The van der Waals surface area contributed by atoms with Gasteiger partial charge >= 0.3 is 0 Å². The number of likely N-dealkylation sites (tertiary alicyclic amines) is 1. The Bertz CT molecular complexity index is 995. The Labute approximate surface area is 173 Å². The number of nitrogens with zero attached hydrogens (tertiary/aromatic N) is 1. The number of rotatable bonds is 5. The molecule has 4 rings (SSSR count). The smallest absolute Gasteiger partial charge is 0.295 e. The van der Waals surface area contributed by atoms with Crippen molar-refractivity contribution in [3.8, 4) is 5.75 Å². The maximum atomic E-state index is 14.0. The number of Topliss-reactive ketones (excluding diaryl/α,β-unsaturated/α-hetero) is 1. The van der Waals surface area contributed by atoms with Crippen molar-refractivity contribution < 1.29 is 28.6 Å². The molecule has 1 N–H and O–H groups in total. The molecule has 2 heterocycles. The van der Waals surface area contributed by atoms with Gasteiger partial charge in [0.25, 0.3) is 11.7 Å². The van der Waals surface area contributed by atoms with Crippen molar-refractivity contribution in [2.24, 2.45) is 0 Å². The summed E-state index contributed by atoms with van der Waals surface area (Å²) in [4.78, 5) is 27.2. The van der Waals surface area contributed by atoms with E-state index in [0.717, 1.165) is 12.8 Å². The van der Waals surface area contributed by atoms with Crippen LogP contribution in [0.4, 0.5) is 4.39 Å². The number of benzene rings is 2. The zero-order valence-corrected chi connectivity index (χ0v) is 16.5.